The molecule has 0 saturated carbocycles. The number of anilines is 3. The van der Waals surface area contributed by atoms with Crippen molar-refractivity contribution in [2.24, 2.45) is 0 Å². The quantitative estimate of drug-likeness (QED) is 0.727. The van der Waals surface area contributed by atoms with Gasteiger partial charge in [-0.2, -0.15) is 0 Å². The Bertz CT molecular complexity index is 803. The van der Waals surface area contributed by atoms with E-state index in [1.807, 2.05) is 55.5 Å². The van der Waals surface area contributed by atoms with Gasteiger partial charge in [-0.1, -0.05) is 0 Å². The standard InChI is InChI=1S/C21H25N3O3S/c1-15(28-20-9-5-17(6-10-20)22-16(2)25)21(26)23-18-3-7-19(8-4-18)24-11-13-27-14-12-24/h3-10,15H,11-14H2,1-2H3,(H,22,25)(H,23,26). The lowest BCUT2D eigenvalue weighted by molar-refractivity contribution is -0.115. The maximum atomic E-state index is 12.5. The van der Waals surface area contributed by atoms with Crippen molar-refractivity contribution >= 4 is 40.6 Å². The van der Waals surface area contributed by atoms with Crippen molar-refractivity contribution in [3.63, 3.8) is 0 Å². The highest BCUT2D eigenvalue weighted by Crippen LogP contribution is 2.26. The van der Waals surface area contributed by atoms with E-state index in [2.05, 4.69) is 15.5 Å². The second-order valence-corrected chi connectivity index (χ2v) is 8.02. The van der Waals surface area contributed by atoms with Gasteiger partial charge in [-0.15, -0.1) is 11.8 Å². The third-order valence-electron chi connectivity index (χ3n) is 4.37. The van der Waals surface area contributed by atoms with E-state index in [4.69, 9.17) is 4.74 Å². The number of morpholine rings is 1. The molecule has 2 aromatic carbocycles. The summed E-state index contributed by atoms with van der Waals surface area (Å²) in [5.41, 5.74) is 2.67. The van der Waals surface area contributed by atoms with E-state index in [1.165, 1.54) is 18.7 Å². The first-order valence-electron chi connectivity index (χ1n) is 9.29. The van der Waals surface area contributed by atoms with Crippen molar-refractivity contribution in [1.82, 2.24) is 0 Å². The zero-order valence-electron chi connectivity index (χ0n) is 16.1. The first kappa shape index (κ1) is 20.2. The summed E-state index contributed by atoms with van der Waals surface area (Å²) in [6, 6.07) is 15.4. The van der Waals surface area contributed by atoms with E-state index in [1.54, 1.807) is 0 Å². The Morgan fingerprint density at radius 1 is 0.964 bits per heavy atom. The first-order valence-corrected chi connectivity index (χ1v) is 10.2. The lowest BCUT2D eigenvalue weighted by Crippen LogP contribution is -2.36. The molecule has 0 bridgehead atoms. The molecule has 1 unspecified atom stereocenters. The molecule has 1 saturated heterocycles. The fourth-order valence-electron chi connectivity index (χ4n) is 2.90. The van der Waals surface area contributed by atoms with Crippen LogP contribution in [0.3, 0.4) is 0 Å². The van der Waals surface area contributed by atoms with E-state index in [-0.39, 0.29) is 17.1 Å². The first-order chi connectivity index (χ1) is 13.5. The van der Waals surface area contributed by atoms with Gasteiger partial charge in [0.15, 0.2) is 0 Å². The Hall–Kier alpha value is -2.51. The maximum absolute atomic E-state index is 12.5. The Kier molecular flexibility index (Phi) is 6.95. The molecule has 6 nitrogen and oxygen atoms in total. The highest BCUT2D eigenvalue weighted by atomic mass is 32.2. The number of rotatable bonds is 6. The van der Waals surface area contributed by atoms with Gasteiger partial charge in [0.05, 0.1) is 18.5 Å². The van der Waals surface area contributed by atoms with Crippen molar-refractivity contribution in [1.29, 1.82) is 0 Å². The topological polar surface area (TPSA) is 70.7 Å². The van der Waals surface area contributed by atoms with Gasteiger partial charge in [-0.3, -0.25) is 9.59 Å². The molecule has 3 rings (SSSR count). The monoisotopic (exact) mass is 399 g/mol. The molecular weight excluding hydrogens is 374 g/mol. The highest BCUT2D eigenvalue weighted by Gasteiger charge is 2.15. The summed E-state index contributed by atoms with van der Waals surface area (Å²) in [4.78, 5) is 26.8. The lowest BCUT2D eigenvalue weighted by Gasteiger charge is -2.28. The number of hydrogen-bond donors (Lipinski definition) is 2. The third kappa shape index (κ3) is 5.74. The summed E-state index contributed by atoms with van der Waals surface area (Å²) in [5, 5.41) is 5.46. The van der Waals surface area contributed by atoms with Crippen LogP contribution in [-0.4, -0.2) is 43.4 Å². The van der Waals surface area contributed by atoms with Gasteiger partial charge < -0.3 is 20.3 Å². The molecule has 0 aromatic heterocycles. The fourth-order valence-corrected chi connectivity index (χ4v) is 3.77. The van der Waals surface area contributed by atoms with Crippen LogP contribution in [0.25, 0.3) is 0 Å². The Morgan fingerprint density at radius 2 is 1.54 bits per heavy atom. The number of benzene rings is 2. The third-order valence-corrected chi connectivity index (χ3v) is 5.48. The van der Waals surface area contributed by atoms with Crippen LogP contribution in [0, 0.1) is 0 Å². The van der Waals surface area contributed by atoms with Gasteiger partial charge in [-0.05, 0) is 55.5 Å². The predicted octanol–water partition coefficient (Wildman–Crippen LogP) is 3.60. The summed E-state index contributed by atoms with van der Waals surface area (Å²) >= 11 is 1.48. The van der Waals surface area contributed by atoms with Crippen LogP contribution < -0.4 is 15.5 Å². The fraction of sp³-hybridized carbons (Fsp3) is 0.333. The van der Waals surface area contributed by atoms with E-state index in [0.717, 1.165) is 48.3 Å². The predicted molar refractivity (Wildman–Crippen MR) is 114 cm³/mol. The van der Waals surface area contributed by atoms with Gasteiger partial charge in [0.25, 0.3) is 0 Å². The molecule has 1 heterocycles. The number of hydrogen-bond acceptors (Lipinski definition) is 5. The molecule has 2 amide bonds. The van der Waals surface area contributed by atoms with Gasteiger partial charge in [0, 0.05) is 42.0 Å². The molecule has 28 heavy (non-hydrogen) atoms. The van der Waals surface area contributed by atoms with Crippen molar-refractivity contribution in [2.45, 2.75) is 24.0 Å². The van der Waals surface area contributed by atoms with Crippen molar-refractivity contribution in [2.75, 3.05) is 41.8 Å². The highest BCUT2D eigenvalue weighted by molar-refractivity contribution is 8.00. The number of amides is 2. The molecule has 2 aromatic rings. The molecular formula is C21H25N3O3S. The molecule has 1 aliphatic heterocycles. The normalized spacial score (nSPS) is 15.0. The lowest BCUT2D eigenvalue weighted by atomic mass is 10.2. The summed E-state index contributed by atoms with van der Waals surface area (Å²) in [5.74, 6) is -0.150. The number of ether oxygens (including phenoxy) is 1. The molecule has 0 aliphatic carbocycles. The van der Waals surface area contributed by atoms with Crippen molar-refractivity contribution in [3.8, 4) is 0 Å². The number of nitrogens with zero attached hydrogens (tertiary/aromatic N) is 1. The van der Waals surface area contributed by atoms with E-state index in [0.29, 0.717) is 0 Å². The Balaban J connectivity index is 1.52. The minimum atomic E-state index is -0.245. The Labute approximate surface area is 169 Å². The van der Waals surface area contributed by atoms with Crippen LogP contribution in [-0.2, 0) is 14.3 Å². The van der Waals surface area contributed by atoms with Gasteiger partial charge >= 0.3 is 0 Å². The summed E-state index contributed by atoms with van der Waals surface area (Å²) < 4.78 is 5.38. The number of carbonyl (C=O) groups is 2. The van der Waals surface area contributed by atoms with Crippen LogP contribution in [0.1, 0.15) is 13.8 Å². The Morgan fingerprint density at radius 3 is 2.14 bits per heavy atom. The van der Waals surface area contributed by atoms with Gasteiger partial charge in [-0.25, -0.2) is 0 Å². The van der Waals surface area contributed by atoms with Crippen molar-refractivity contribution < 1.29 is 14.3 Å². The van der Waals surface area contributed by atoms with Gasteiger partial charge in [0.1, 0.15) is 0 Å². The van der Waals surface area contributed by atoms with Crippen molar-refractivity contribution in [3.05, 3.63) is 48.5 Å². The van der Waals surface area contributed by atoms with Crippen LogP contribution >= 0.6 is 11.8 Å². The zero-order chi connectivity index (χ0) is 19.9. The minimum Gasteiger partial charge on any atom is -0.378 e. The van der Waals surface area contributed by atoms with E-state index < -0.39 is 0 Å². The number of carbonyl (C=O) groups excluding carboxylic acids is 2. The van der Waals surface area contributed by atoms with Crippen LogP contribution in [0.15, 0.2) is 53.4 Å². The van der Waals surface area contributed by atoms with Crippen LogP contribution in [0.2, 0.25) is 0 Å². The molecule has 1 aliphatic rings. The molecule has 0 spiro atoms. The molecule has 7 heteroatoms. The zero-order valence-corrected chi connectivity index (χ0v) is 16.9. The van der Waals surface area contributed by atoms with Gasteiger partial charge in [0.2, 0.25) is 11.8 Å². The molecule has 2 N–H and O–H groups in total. The summed E-state index contributed by atoms with van der Waals surface area (Å²) in [6.07, 6.45) is 0. The number of thioether (sulfide) groups is 1. The average molecular weight is 400 g/mol. The summed E-state index contributed by atoms with van der Waals surface area (Å²) in [7, 11) is 0. The van der Waals surface area contributed by atoms with E-state index >= 15 is 0 Å². The molecule has 0 radical (unpaired) electrons. The molecule has 1 atom stereocenters. The van der Waals surface area contributed by atoms with Crippen LogP contribution in [0.5, 0.6) is 0 Å². The minimum absolute atomic E-state index is 0.0462. The van der Waals surface area contributed by atoms with Crippen LogP contribution in [0.4, 0.5) is 17.1 Å². The largest absolute Gasteiger partial charge is 0.378 e. The maximum Gasteiger partial charge on any atom is 0.237 e. The van der Waals surface area contributed by atoms with E-state index in [9.17, 15) is 9.59 Å². The molecule has 148 valence electrons. The SMILES string of the molecule is CC(=O)Nc1ccc(SC(C)C(=O)Nc2ccc(N3CCOCC3)cc2)cc1. The average Bonchev–Trinajstić information content (AvgIpc) is 2.70. The smallest absolute Gasteiger partial charge is 0.237 e. The second-order valence-electron chi connectivity index (χ2n) is 6.60. The summed E-state index contributed by atoms with van der Waals surface area (Å²) in [6.45, 7) is 6.63. The second kappa shape index (κ2) is 9.61. The molecule has 1 fully saturated rings. The number of nitrogens with one attached hydrogen (secondary N) is 2.